The van der Waals surface area contributed by atoms with Crippen molar-refractivity contribution in [3.8, 4) is 0 Å². The lowest BCUT2D eigenvalue weighted by Crippen LogP contribution is -2.30. The van der Waals surface area contributed by atoms with Gasteiger partial charge < -0.3 is 15.3 Å². The zero-order chi connectivity index (χ0) is 6.69. The highest BCUT2D eigenvalue weighted by molar-refractivity contribution is 6.64. The Morgan fingerprint density at radius 1 is 1.78 bits per heavy atom. The number of rotatable bonds is 2. The molecule has 1 heterocycles. The molecule has 1 rings (SSSR count). The van der Waals surface area contributed by atoms with Crippen LogP contribution in [0.5, 0.6) is 0 Å². The van der Waals surface area contributed by atoms with Gasteiger partial charge in [0.15, 0.2) is 0 Å². The summed E-state index contributed by atoms with van der Waals surface area (Å²) in [6, 6.07) is 0.265. The molecule has 4 heteroatoms. The lowest BCUT2D eigenvalue weighted by Gasteiger charge is -2.07. The normalized spacial score (nSPS) is 28.3. The molecule has 2 N–H and O–H groups in total. The van der Waals surface area contributed by atoms with Crippen molar-refractivity contribution in [1.82, 2.24) is 4.81 Å². The molecule has 3 nitrogen and oxygen atoms in total. The second kappa shape index (κ2) is 2.99. The fraction of sp³-hybridized carbons (Fsp3) is 0.800. The van der Waals surface area contributed by atoms with E-state index in [0.29, 0.717) is 0 Å². The van der Waals surface area contributed by atoms with Gasteiger partial charge in [-0.2, -0.15) is 0 Å². The highest BCUT2D eigenvalue weighted by Crippen LogP contribution is 2.03. The molecule has 0 aromatic carbocycles. The molecular weight excluding hydrogens is 115 g/mol. The van der Waals surface area contributed by atoms with Crippen LogP contribution >= 0.6 is 0 Å². The Hall–Kier alpha value is -0.345. The van der Waals surface area contributed by atoms with Gasteiger partial charge in [-0.3, -0.25) is 0 Å². The Morgan fingerprint density at radius 3 is 3.00 bits per heavy atom. The van der Waals surface area contributed by atoms with Crippen LogP contribution in [-0.2, 0) is 4.79 Å². The summed E-state index contributed by atoms with van der Waals surface area (Å²) in [5.74, 6) is 0. The van der Waals surface area contributed by atoms with Crippen molar-refractivity contribution < 1.29 is 4.79 Å². The number of carbonyl (C=O) groups excluding carboxylic acids is 1. The van der Waals surface area contributed by atoms with Crippen LogP contribution in [0.4, 0.5) is 0 Å². The Labute approximate surface area is 55.5 Å². The Balaban J connectivity index is 2.21. The summed E-state index contributed by atoms with van der Waals surface area (Å²) in [4.78, 5) is 11.9. The number of hydrogen-bond acceptors (Lipinski definition) is 3. The van der Waals surface area contributed by atoms with Crippen LogP contribution in [0.2, 0.25) is 0 Å². The van der Waals surface area contributed by atoms with Gasteiger partial charge in [0.25, 0.3) is 7.41 Å². The molecule has 1 aliphatic heterocycles. The number of hydrogen-bond donors (Lipinski definition) is 1. The standard InChI is InChI=1S/C5H10BN2O/c7-5-1-2-8(3-5)6-4-9/h4-5H,1-3,7H2/t5-/m1/s1. The van der Waals surface area contributed by atoms with Gasteiger partial charge in [-0.15, -0.1) is 0 Å². The van der Waals surface area contributed by atoms with Crippen LogP contribution in [0.25, 0.3) is 0 Å². The molecule has 0 bridgehead atoms. The van der Waals surface area contributed by atoms with Crippen molar-refractivity contribution >= 4 is 13.6 Å². The summed E-state index contributed by atoms with van der Waals surface area (Å²) in [5, 5.41) is 0. The molecule has 0 spiro atoms. The fourth-order valence-corrected chi connectivity index (χ4v) is 1.04. The van der Waals surface area contributed by atoms with Gasteiger partial charge in [0.2, 0.25) is 0 Å². The van der Waals surface area contributed by atoms with E-state index in [1.807, 2.05) is 4.81 Å². The van der Waals surface area contributed by atoms with Crippen LogP contribution in [-0.4, -0.2) is 37.5 Å². The van der Waals surface area contributed by atoms with Gasteiger partial charge in [-0.05, 0) is 13.0 Å². The second-order valence-electron chi connectivity index (χ2n) is 2.33. The van der Waals surface area contributed by atoms with Gasteiger partial charge in [0, 0.05) is 12.6 Å². The van der Waals surface area contributed by atoms with E-state index >= 15 is 0 Å². The summed E-state index contributed by atoms with van der Waals surface area (Å²) in [6.45, 7) is 1.76. The zero-order valence-electron chi connectivity index (χ0n) is 5.29. The molecule has 0 aliphatic carbocycles. The molecular formula is C5H10BN2O. The summed E-state index contributed by atoms with van der Waals surface area (Å²) in [7, 11) is 1.55. The molecule has 1 radical (unpaired) electrons. The van der Waals surface area contributed by atoms with Gasteiger partial charge in [0.05, 0.1) is 6.19 Å². The average molecular weight is 125 g/mol. The lowest BCUT2D eigenvalue weighted by molar-refractivity contribution is 0.533. The first-order valence-corrected chi connectivity index (χ1v) is 3.11. The average Bonchev–Trinajstić information content (AvgIpc) is 2.17. The molecule has 1 atom stereocenters. The van der Waals surface area contributed by atoms with E-state index in [1.165, 1.54) is 0 Å². The molecule has 0 aromatic heterocycles. The van der Waals surface area contributed by atoms with Gasteiger partial charge in [-0.25, -0.2) is 0 Å². The molecule has 49 valence electrons. The largest absolute Gasteiger partial charge is 0.338 e. The first-order valence-electron chi connectivity index (χ1n) is 3.11. The Bertz CT molecular complexity index is 109. The van der Waals surface area contributed by atoms with Gasteiger partial charge in [-0.1, -0.05) is 0 Å². The molecule has 0 amide bonds. The van der Waals surface area contributed by atoms with E-state index in [-0.39, 0.29) is 6.04 Å². The first-order chi connectivity index (χ1) is 4.33. The van der Waals surface area contributed by atoms with Crippen LogP contribution in [0.1, 0.15) is 6.42 Å². The van der Waals surface area contributed by atoms with Gasteiger partial charge >= 0.3 is 0 Å². The molecule has 1 saturated heterocycles. The predicted molar refractivity (Wildman–Crippen MR) is 36.7 cm³/mol. The second-order valence-corrected chi connectivity index (χ2v) is 2.33. The minimum absolute atomic E-state index is 0.265. The van der Waals surface area contributed by atoms with Crippen molar-refractivity contribution in [1.29, 1.82) is 0 Å². The monoisotopic (exact) mass is 125 g/mol. The summed E-state index contributed by atoms with van der Waals surface area (Å²) in [6.07, 6.45) is 1.81. The van der Waals surface area contributed by atoms with Crippen molar-refractivity contribution in [2.45, 2.75) is 12.5 Å². The summed E-state index contributed by atoms with van der Waals surface area (Å²) < 4.78 is 0. The minimum Gasteiger partial charge on any atom is -0.338 e. The maximum absolute atomic E-state index is 9.93. The number of nitrogens with two attached hydrogens (primary N) is 1. The van der Waals surface area contributed by atoms with E-state index in [4.69, 9.17) is 5.73 Å². The van der Waals surface area contributed by atoms with Crippen molar-refractivity contribution in [3.05, 3.63) is 0 Å². The van der Waals surface area contributed by atoms with E-state index in [9.17, 15) is 4.79 Å². The first kappa shape index (κ1) is 6.77. The van der Waals surface area contributed by atoms with Gasteiger partial charge in [0.1, 0.15) is 0 Å². The highest BCUT2D eigenvalue weighted by atomic mass is 16.1. The topological polar surface area (TPSA) is 46.3 Å². The summed E-state index contributed by atoms with van der Waals surface area (Å²) >= 11 is 0. The van der Waals surface area contributed by atoms with E-state index in [1.54, 1.807) is 7.41 Å². The Morgan fingerprint density at radius 2 is 2.56 bits per heavy atom. The molecule has 0 aromatic rings. The predicted octanol–water partition coefficient (Wildman–Crippen LogP) is -1.17. The Kier molecular flexibility index (Phi) is 2.25. The molecule has 9 heavy (non-hydrogen) atoms. The molecule has 0 unspecified atom stereocenters. The zero-order valence-corrected chi connectivity index (χ0v) is 5.29. The maximum atomic E-state index is 9.93. The van der Waals surface area contributed by atoms with Crippen LogP contribution in [0, 0.1) is 0 Å². The van der Waals surface area contributed by atoms with Crippen LogP contribution in [0.15, 0.2) is 0 Å². The summed E-state index contributed by atoms with van der Waals surface area (Å²) in [5.41, 5.74) is 5.58. The smallest absolute Gasteiger partial charge is 0.293 e. The maximum Gasteiger partial charge on any atom is 0.293 e. The highest BCUT2D eigenvalue weighted by Gasteiger charge is 2.18. The van der Waals surface area contributed by atoms with Crippen LogP contribution in [0.3, 0.4) is 0 Å². The molecule has 0 saturated carbocycles. The third-order valence-electron chi connectivity index (χ3n) is 1.53. The molecule has 1 aliphatic rings. The van der Waals surface area contributed by atoms with E-state index in [0.717, 1.165) is 25.7 Å². The number of carbonyl (C=O) groups is 1. The molecule has 1 fully saturated rings. The lowest BCUT2D eigenvalue weighted by atomic mass is 9.96. The SMILES string of the molecule is N[C@@H]1CCN([B]C=O)C1. The minimum atomic E-state index is 0.265. The quantitative estimate of drug-likeness (QED) is 0.373. The van der Waals surface area contributed by atoms with Crippen molar-refractivity contribution in [2.75, 3.05) is 13.1 Å². The third-order valence-corrected chi connectivity index (χ3v) is 1.53. The fourth-order valence-electron chi connectivity index (χ4n) is 1.04. The van der Waals surface area contributed by atoms with Crippen molar-refractivity contribution in [2.24, 2.45) is 5.73 Å². The third kappa shape index (κ3) is 1.80. The van der Waals surface area contributed by atoms with E-state index in [2.05, 4.69) is 0 Å². The van der Waals surface area contributed by atoms with E-state index < -0.39 is 0 Å². The van der Waals surface area contributed by atoms with Crippen LogP contribution < -0.4 is 5.73 Å². The van der Waals surface area contributed by atoms with Crippen molar-refractivity contribution in [3.63, 3.8) is 0 Å². The number of nitrogens with zero attached hydrogens (tertiary/aromatic N) is 1.